The summed E-state index contributed by atoms with van der Waals surface area (Å²) in [4.78, 5) is 13.3. The van der Waals surface area contributed by atoms with E-state index in [2.05, 4.69) is 39.1 Å². The van der Waals surface area contributed by atoms with Gasteiger partial charge in [-0.3, -0.25) is 4.79 Å². The highest BCUT2D eigenvalue weighted by Gasteiger charge is 2.16. The highest BCUT2D eigenvalue weighted by molar-refractivity contribution is 9.10. The number of halogens is 1. The van der Waals surface area contributed by atoms with Gasteiger partial charge in [-0.05, 0) is 30.7 Å². The van der Waals surface area contributed by atoms with Crippen molar-refractivity contribution < 1.29 is 4.79 Å². The van der Waals surface area contributed by atoms with Gasteiger partial charge in [0.05, 0.1) is 6.54 Å². The van der Waals surface area contributed by atoms with Crippen LogP contribution in [0.1, 0.15) is 5.56 Å². The van der Waals surface area contributed by atoms with E-state index in [-0.39, 0.29) is 5.91 Å². The summed E-state index contributed by atoms with van der Waals surface area (Å²) in [5.41, 5.74) is 2.31. The number of benzene rings is 1. The first kappa shape index (κ1) is 10.5. The Balaban J connectivity index is 2.21. The zero-order valence-corrected chi connectivity index (χ0v) is 10.2. The molecule has 0 spiro atoms. The van der Waals surface area contributed by atoms with Gasteiger partial charge in [0.2, 0.25) is 5.91 Å². The van der Waals surface area contributed by atoms with Crippen LogP contribution in [0.4, 0.5) is 5.69 Å². The molecule has 0 radical (unpaired) electrons. The SMILES string of the molecule is Cc1cc(N2CCNC(=O)C2)ccc1Br. The Kier molecular flexibility index (Phi) is 2.95. The summed E-state index contributed by atoms with van der Waals surface area (Å²) in [6.07, 6.45) is 0. The van der Waals surface area contributed by atoms with E-state index < -0.39 is 0 Å². The van der Waals surface area contributed by atoms with Gasteiger partial charge in [-0.1, -0.05) is 15.9 Å². The Morgan fingerprint density at radius 3 is 2.93 bits per heavy atom. The predicted molar refractivity (Wildman–Crippen MR) is 64.1 cm³/mol. The summed E-state index contributed by atoms with van der Waals surface area (Å²) >= 11 is 3.47. The van der Waals surface area contributed by atoms with Crippen LogP contribution in [0.2, 0.25) is 0 Å². The van der Waals surface area contributed by atoms with Crippen molar-refractivity contribution in [3.8, 4) is 0 Å². The molecule has 1 saturated heterocycles. The molecule has 1 aromatic rings. The standard InChI is InChI=1S/C11H13BrN2O/c1-8-6-9(2-3-10(8)12)14-5-4-13-11(15)7-14/h2-3,6H,4-5,7H2,1H3,(H,13,15). The summed E-state index contributed by atoms with van der Waals surface area (Å²) in [5.74, 6) is 0.0989. The number of aryl methyl sites for hydroxylation is 1. The maximum atomic E-state index is 11.2. The van der Waals surface area contributed by atoms with Crippen LogP contribution in [0.3, 0.4) is 0 Å². The lowest BCUT2D eigenvalue weighted by Crippen LogP contribution is -2.47. The van der Waals surface area contributed by atoms with Gasteiger partial charge in [-0.25, -0.2) is 0 Å². The molecule has 1 aliphatic heterocycles. The van der Waals surface area contributed by atoms with E-state index in [9.17, 15) is 4.79 Å². The smallest absolute Gasteiger partial charge is 0.239 e. The van der Waals surface area contributed by atoms with Gasteiger partial charge in [0.25, 0.3) is 0 Å². The van der Waals surface area contributed by atoms with E-state index in [4.69, 9.17) is 0 Å². The number of amides is 1. The Morgan fingerprint density at radius 2 is 2.27 bits per heavy atom. The molecule has 0 bridgehead atoms. The molecule has 1 amide bonds. The Morgan fingerprint density at radius 1 is 1.47 bits per heavy atom. The molecular formula is C11H13BrN2O. The molecule has 1 fully saturated rings. The monoisotopic (exact) mass is 268 g/mol. The topological polar surface area (TPSA) is 32.3 Å². The molecule has 15 heavy (non-hydrogen) atoms. The number of nitrogens with one attached hydrogen (secondary N) is 1. The third kappa shape index (κ3) is 2.31. The first-order valence-corrected chi connectivity index (χ1v) is 5.74. The van der Waals surface area contributed by atoms with Crippen molar-refractivity contribution >= 4 is 27.5 Å². The summed E-state index contributed by atoms with van der Waals surface area (Å²) < 4.78 is 1.10. The van der Waals surface area contributed by atoms with Crippen LogP contribution in [0.25, 0.3) is 0 Å². The first-order valence-electron chi connectivity index (χ1n) is 4.94. The van der Waals surface area contributed by atoms with Crippen LogP contribution < -0.4 is 10.2 Å². The minimum atomic E-state index is 0.0989. The zero-order valence-electron chi connectivity index (χ0n) is 8.59. The third-order valence-electron chi connectivity index (χ3n) is 2.55. The second-order valence-electron chi connectivity index (χ2n) is 3.70. The summed E-state index contributed by atoms with van der Waals surface area (Å²) in [7, 11) is 0. The summed E-state index contributed by atoms with van der Waals surface area (Å²) in [6.45, 7) is 4.12. The minimum absolute atomic E-state index is 0.0989. The molecule has 0 aromatic heterocycles. The van der Waals surface area contributed by atoms with Gasteiger partial charge in [-0.15, -0.1) is 0 Å². The molecule has 1 N–H and O–H groups in total. The normalized spacial score (nSPS) is 16.4. The van der Waals surface area contributed by atoms with Crippen LogP contribution in [0.15, 0.2) is 22.7 Å². The van der Waals surface area contributed by atoms with Crippen molar-refractivity contribution in [3.63, 3.8) is 0 Å². The van der Waals surface area contributed by atoms with Crippen LogP contribution in [0.5, 0.6) is 0 Å². The zero-order chi connectivity index (χ0) is 10.8. The molecule has 0 atom stereocenters. The molecule has 0 saturated carbocycles. The molecule has 1 heterocycles. The quantitative estimate of drug-likeness (QED) is 0.841. The van der Waals surface area contributed by atoms with Crippen molar-refractivity contribution in [1.29, 1.82) is 0 Å². The fourth-order valence-electron chi connectivity index (χ4n) is 1.68. The van der Waals surface area contributed by atoms with Crippen LogP contribution in [0, 0.1) is 6.92 Å². The number of hydrogen-bond donors (Lipinski definition) is 1. The van der Waals surface area contributed by atoms with Crippen molar-refractivity contribution in [2.45, 2.75) is 6.92 Å². The number of hydrogen-bond acceptors (Lipinski definition) is 2. The van der Waals surface area contributed by atoms with Crippen molar-refractivity contribution in [1.82, 2.24) is 5.32 Å². The van der Waals surface area contributed by atoms with Crippen LogP contribution >= 0.6 is 15.9 Å². The van der Waals surface area contributed by atoms with E-state index in [0.29, 0.717) is 6.54 Å². The number of carbonyl (C=O) groups is 1. The third-order valence-corrected chi connectivity index (χ3v) is 3.43. The van der Waals surface area contributed by atoms with Gasteiger partial charge in [0.1, 0.15) is 0 Å². The predicted octanol–water partition coefficient (Wildman–Crippen LogP) is 1.69. The minimum Gasteiger partial charge on any atom is -0.360 e. The van der Waals surface area contributed by atoms with E-state index >= 15 is 0 Å². The fraction of sp³-hybridized carbons (Fsp3) is 0.364. The van der Waals surface area contributed by atoms with Gasteiger partial charge in [0, 0.05) is 23.2 Å². The van der Waals surface area contributed by atoms with Crippen LogP contribution in [-0.2, 0) is 4.79 Å². The second-order valence-corrected chi connectivity index (χ2v) is 4.56. The molecule has 3 nitrogen and oxygen atoms in total. The maximum Gasteiger partial charge on any atom is 0.239 e. The van der Waals surface area contributed by atoms with E-state index in [1.165, 1.54) is 5.56 Å². The van der Waals surface area contributed by atoms with Gasteiger partial charge in [0.15, 0.2) is 0 Å². The van der Waals surface area contributed by atoms with Crippen molar-refractivity contribution in [3.05, 3.63) is 28.2 Å². The van der Waals surface area contributed by atoms with Crippen molar-refractivity contribution in [2.24, 2.45) is 0 Å². The Bertz CT molecular complexity index is 392. The van der Waals surface area contributed by atoms with Crippen molar-refractivity contribution in [2.75, 3.05) is 24.5 Å². The van der Waals surface area contributed by atoms with E-state index in [1.54, 1.807) is 0 Å². The average Bonchev–Trinajstić information content (AvgIpc) is 2.22. The highest BCUT2D eigenvalue weighted by atomic mass is 79.9. The molecule has 0 unspecified atom stereocenters. The molecule has 1 aromatic carbocycles. The molecule has 2 rings (SSSR count). The number of nitrogens with zero attached hydrogens (tertiary/aromatic N) is 1. The molecule has 80 valence electrons. The van der Waals surface area contributed by atoms with Gasteiger partial charge >= 0.3 is 0 Å². The molecular weight excluding hydrogens is 256 g/mol. The van der Waals surface area contributed by atoms with Gasteiger partial charge < -0.3 is 10.2 Å². The fourth-order valence-corrected chi connectivity index (χ4v) is 1.93. The number of carbonyl (C=O) groups excluding carboxylic acids is 1. The maximum absolute atomic E-state index is 11.2. The van der Waals surface area contributed by atoms with Gasteiger partial charge in [-0.2, -0.15) is 0 Å². The lowest BCUT2D eigenvalue weighted by Gasteiger charge is -2.28. The number of anilines is 1. The first-order chi connectivity index (χ1) is 7.16. The second kappa shape index (κ2) is 4.23. The van der Waals surface area contributed by atoms with E-state index in [1.807, 2.05) is 12.1 Å². The van der Waals surface area contributed by atoms with Crippen LogP contribution in [-0.4, -0.2) is 25.5 Å². The average molecular weight is 269 g/mol. The number of piperazine rings is 1. The molecule has 1 aliphatic rings. The summed E-state index contributed by atoms with van der Waals surface area (Å²) in [5, 5.41) is 2.82. The highest BCUT2D eigenvalue weighted by Crippen LogP contribution is 2.23. The largest absolute Gasteiger partial charge is 0.360 e. The molecule has 0 aliphatic carbocycles. The van der Waals surface area contributed by atoms with E-state index in [0.717, 1.165) is 23.2 Å². The lowest BCUT2D eigenvalue weighted by atomic mass is 10.2. The molecule has 4 heteroatoms. The lowest BCUT2D eigenvalue weighted by molar-refractivity contribution is -0.120. The summed E-state index contributed by atoms with van der Waals surface area (Å²) in [6, 6.07) is 6.16. The number of rotatable bonds is 1. The Hall–Kier alpha value is -1.03. The Labute approximate surface area is 97.6 Å².